The van der Waals surface area contributed by atoms with Crippen LogP contribution in [0.3, 0.4) is 0 Å². The average Bonchev–Trinajstić information content (AvgIpc) is 2.92. The zero-order valence-corrected chi connectivity index (χ0v) is 11.0. The summed E-state index contributed by atoms with van der Waals surface area (Å²) in [6, 6.07) is 21.7. The van der Waals surface area contributed by atoms with Gasteiger partial charge in [-0.3, -0.25) is 0 Å². The number of hydrogen-bond acceptors (Lipinski definition) is 0. The normalized spacial score (nSPS) is 14.9. The van der Waals surface area contributed by atoms with Crippen LogP contribution in [0.4, 0.5) is 0 Å². The van der Waals surface area contributed by atoms with Gasteiger partial charge in [0.15, 0.2) is 6.54 Å². The Hall–Kier alpha value is -2.41. The molecule has 1 aromatic heterocycles. The van der Waals surface area contributed by atoms with E-state index in [4.69, 9.17) is 4.11 Å². The van der Waals surface area contributed by atoms with Crippen LogP contribution in [0.25, 0.3) is 22.5 Å². The Morgan fingerprint density at radius 1 is 0.900 bits per heavy atom. The van der Waals surface area contributed by atoms with Gasteiger partial charge < -0.3 is 0 Å². The van der Waals surface area contributed by atoms with Crippen molar-refractivity contribution in [2.24, 2.45) is 0 Å². The number of pyridine rings is 1. The summed E-state index contributed by atoms with van der Waals surface area (Å²) in [5, 5.41) is 0. The molecule has 1 nitrogen and oxygen atoms in total. The highest BCUT2D eigenvalue weighted by atomic mass is 15.0. The lowest BCUT2D eigenvalue weighted by Crippen LogP contribution is -2.36. The zero-order chi connectivity index (χ0) is 16.0. The Morgan fingerprint density at radius 3 is 2.55 bits per heavy atom. The Balaban J connectivity index is 2.03. The molecule has 0 radical (unpaired) electrons. The Kier molecular flexibility index (Phi) is 1.87. The van der Waals surface area contributed by atoms with Crippen molar-refractivity contribution in [3.8, 4) is 22.5 Å². The van der Waals surface area contributed by atoms with E-state index in [-0.39, 0.29) is 0 Å². The molecule has 0 fully saturated rings. The van der Waals surface area contributed by atoms with Crippen LogP contribution >= 0.6 is 0 Å². The molecule has 1 aliphatic rings. The lowest BCUT2D eigenvalue weighted by atomic mass is 10.0. The second kappa shape index (κ2) is 4.31. The number of aromatic nitrogens is 1. The zero-order valence-electron chi connectivity index (χ0n) is 14.0. The SMILES string of the molecule is [2H]C([2H])([2H])c1ccc2[n+](c1-c1ccccc1)Cc1ccccc1-2. The Labute approximate surface area is 123 Å². The summed E-state index contributed by atoms with van der Waals surface area (Å²) < 4.78 is 25.8. The molecule has 0 saturated heterocycles. The lowest BCUT2D eigenvalue weighted by Gasteiger charge is -2.06. The van der Waals surface area contributed by atoms with Gasteiger partial charge in [-0.2, -0.15) is 4.57 Å². The average molecular weight is 261 g/mol. The molecule has 0 saturated carbocycles. The molecule has 0 atom stereocenters. The van der Waals surface area contributed by atoms with E-state index in [0.717, 1.165) is 17.0 Å². The molecule has 2 aromatic carbocycles. The van der Waals surface area contributed by atoms with E-state index in [9.17, 15) is 0 Å². The van der Waals surface area contributed by atoms with Crippen LogP contribution in [0.1, 0.15) is 15.2 Å². The molecule has 0 bridgehead atoms. The van der Waals surface area contributed by atoms with E-state index < -0.39 is 6.85 Å². The molecule has 3 aromatic rings. The van der Waals surface area contributed by atoms with E-state index in [1.807, 2.05) is 48.5 Å². The topological polar surface area (TPSA) is 3.88 Å². The van der Waals surface area contributed by atoms with Crippen molar-refractivity contribution < 1.29 is 8.68 Å². The summed E-state index contributed by atoms with van der Waals surface area (Å²) in [6.45, 7) is -1.43. The van der Waals surface area contributed by atoms with Crippen molar-refractivity contribution in [1.29, 1.82) is 0 Å². The fourth-order valence-electron chi connectivity index (χ4n) is 2.98. The molecule has 0 spiro atoms. The Morgan fingerprint density at radius 2 is 1.70 bits per heavy atom. The smallest absolute Gasteiger partial charge is 0.187 e. The van der Waals surface area contributed by atoms with Gasteiger partial charge in [-0.05, 0) is 31.1 Å². The first kappa shape index (κ1) is 8.70. The van der Waals surface area contributed by atoms with Crippen LogP contribution in [0.2, 0.25) is 0 Å². The van der Waals surface area contributed by atoms with E-state index in [2.05, 4.69) is 16.7 Å². The minimum absolute atomic E-state index is 0.403. The summed E-state index contributed by atoms with van der Waals surface area (Å²) in [4.78, 5) is 0. The van der Waals surface area contributed by atoms with Gasteiger partial charge >= 0.3 is 0 Å². The second-order valence-corrected chi connectivity index (χ2v) is 5.09. The van der Waals surface area contributed by atoms with E-state index in [1.54, 1.807) is 6.07 Å². The minimum Gasteiger partial charge on any atom is -0.187 e. The van der Waals surface area contributed by atoms with Crippen molar-refractivity contribution in [3.05, 3.63) is 77.9 Å². The molecule has 0 amide bonds. The van der Waals surface area contributed by atoms with Gasteiger partial charge in [0.25, 0.3) is 0 Å². The minimum atomic E-state index is -2.14. The maximum absolute atomic E-state index is 7.91. The van der Waals surface area contributed by atoms with E-state index >= 15 is 0 Å². The van der Waals surface area contributed by atoms with E-state index in [1.165, 1.54) is 11.1 Å². The summed E-state index contributed by atoms with van der Waals surface area (Å²) >= 11 is 0. The second-order valence-electron chi connectivity index (χ2n) is 5.09. The third-order valence-electron chi connectivity index (χ3n) is 3.89. The maximum Gasteiger partial charge on any atom is 0.216 e. The van der Waals surface area contributed by atoms with Crippen LogP contribution in [0, 0.1) is 6.85 Å². The number of fused-ring (bicyclic) bond motifs is 3. The number of nitrogens with zero attached hydrogens (tertiary/aromatic N) is 1. The van der Waals surface area contributed by atoms with Gasteiger partial charge in [0, 0.05) is 26.9 Å². The number of hydrogen-bond donors (Lipinski definition) is 0. The van der Waals surface area contributed by atoms with Gasteiger partial charge in [0.2, 0.25) is 11.4 Å². The highest BCUT2D eigenvalue weighted by Crippen LogP contribution is 2.30. The van der Waals surface area contributed by atoms with Crippen molar-refractivity contribution in [2.75, 3.05) is 0 Å². The van der Waals surface area contributed by atoms with Crippen LogP contribution in [-0.4, -0.2) is 0 Å². The molecule has 0 N–H and O–H groups in total. The third kappa shape index (κ3) is 1.60. The molecule has 1 aliphatic heterocycles. The van der Waals surface area contributed by atoms with Gasteiger partial charge in [-0.25, -0.2) is 0 Å². The van der Waals surface area contributed by atoms with Crippen LogP contribution in [0.5, 0.6) is 0 Å². The monoisotopic (exact) mass is 261 g/mol. The van der Waals surface area contributed by atoms with Gasteiger partial charge in [-0.15, -0.1) is 0 Å². The first-order valence-electron chi connectivity index (χ1n) is 8.27. The predicted molar refractivity (Wildman–Crippen MR) is 81.3 cm³/mol. The highest BCUT2D eigenvalue weighted by molar-refractivity contribution is 5.67. The molecular formula is C19H16N+. The van der Waals surface area contributed by atoms with Crippen LogP contribution in [0.15, 0.2) is 66.7 Å². The fraction of sp³-hybridized carbons (Fsp3) is 0.105. The van der Waals surface area contributed by atoms with E-state index in [0.29, 0.717) is 12.1 Å². The van der Waals surface area contributed by atoms with Crippen LogP contribution < -0.4 is 4.57 Å². The number of benzene rings is 2. The van der Waals surface area contributed by atoms with Crippen molar-refractivity contribution in [2.45, 2.75) is 13.4 Å². The largest absolute Gasteiger partial charge is 0.216 e. The predicted octanol–water partition coefficient (Wildman–Crippen LogP) is 3.98. The molecule has 2 heterocycles. The maximum atomic E-state index is 7.91. The molecule has 1 heteroatoms. The third-order valence-corrected chi connectivity index (χ3v) is 3.89. The summed E-state index contributed by atoms with van der Waals surface area (Å²) in [5.41, 5.74) is 5.62. The molecule has 0 aliphatic carbocycles. The van der Waals surface area contributed by atoms with Crippen molar-refractivity contribution >= 4 is 0 Å². The first-order chi connectivity index (χ1) is 11.1. The quantitative estimate of drug-likeness (QED) is 0.456. The Bertz CT molecular complexity index is 883. The fourth-order valence-corrected chi connectivity index (χ4v) is 2.98. The molecular weight excluding hydrogens is 242 g/mol. The molecule has 20 heavy (non-hydrogen) atoms. The number of rotatable bonds is 1. The standard InChI is InChI=1S/C19H16N/c1-14-11-12-18-17-10-6-5-9-16(17)13-20(18)19(14)15-7-3-2-4-8-15/h2-12H,13H2,1H3/q+1/i1D3. The lowest BCUT2D eigenvalue weighted by molar-refractivity contribution is -0.661. The van der Waals surface area contributed by atoms with Gasteiger partial charge in [0.1, 0.15) is 0 Å². The summed E-state index contributed by atoms with van der Waals surface area (Å²) in [6.07, 6.45) is 0. The molecule has 0 unspecified atom stereocenters. The van der Waals surface area contributed by atoms with Crippen molar-refractivity contribution in [1.82, 2.24) is 0 Å². The summed E-state index contributed by atoms with van der Waals surface area (Å²) in [5.74, 6) is 0. The first-order valence-corrected chi connectivity index (χ1v) is 6.77. The molecule has 96 valence electrons. The molecule has 4 rings (SSSR count). The number of aryl methyl sites for hydroxylation is 1. The van der Waals surface area contributed by atoms with Gasteiger partial charge in [0.05, 0.1) is 5.56 Å². The summed E-state index contributed by atoms with van der Waals surface area (Å²) in [7, 11) is 0. The van der Waals surface area contributed by atoms with Crippen molar-refractivity contribution in [3.63, 3.8) is 0 Å². The van der Waals surface area contributed by atoms with Gasteiger partial charge in [-0.1, -0.05) is 36.4 Å². The van der Waals surface area contributed by atoms with Crippen LogP contribution in [-0.2, 0) is 6.54 Å². The highest BCUT2D eigenvalue weighted by Gasteiger charge is 2.30.